The third-order valence-corrected chi connectivity index (χ3v) is 2.94. The molecule has 1 aliphatic heterocycles. The molecular formula is C12H17NO3. The molecule has 0 aliphatic carbocycles. The van der Waals surface area contributed by atoms with Crippen molar-refractivity contribution in [2.75, 3.05) is 20.8 Å². The second kappa shape index (κ2) is 4.72. The summed E-state index contributed by atoms with van der Waals surface area (Å²) in [6, 6.07) is 5.94. The summed E-state index contributed by atoms with van der Waals surface area (Å²) < 4.78 is 10.9. The summed E-state index contributed by atoms with van der Waals surface area (Å²) >= 11 is 0. The number of nitrogens with one attached hydrogen (secondary N) is 1. The van der Waals surface area contributed by atoms with Gasteiger partial charge in [0.05, 0.1) is 13.7 Å². The Kier molecular flexibility index (Phi) is 3.31. The van der Waals surface area contributed by atoms with Gasteiger partial charge in [-0.3, -0.25) is 0 Å². The molecule has 0 fully saturated rings. The maximum atomic E-state index is 9.15. The van der Waals surface area contributed by atoms with Crippen LogP contribution in [0.3, 0.4) is 0 Å². The first-order valence-corrected chi connectivity index (χ1v) is 5.41. The Morgan fingerprint density at radius 1 is 1.56 bits per heavy atom. The number of ether oxygens (including phenoxy) is 2. The van der Waals surface area contributed by atoms with Crippen molar-refractivity contribution in [3.8, 4) is 11.5 Å². The maximum absolute atomic E-state index is 9.15. The molecule has 0 spiro atoms. The molecule has 2 unspecified atom stereocenters. The molecule has 0 radical (unpaired) electrons. The summed E-state index contributed by atoms with van der Waals surface area (Å²) in [6.45, 7) is 0.0453. The van der Waals surface area contributed by atoms with E-state index in [-0.39, 0.29) is 18.8 Å². The lowest BCUT2D eigenvalue weighted by Crippen LogP contribution is -2.33. The first-order chi connectivity index (χ1) is 7.78. The van der Waals surface area contributed by atoms with E-state index in [9.17, 15) is 0 Å². The van der Waals surface area contributed by atoms with Crippen LogP contribution in [-0.4, -0.2) is 32.0 Å². The van der Waals surface area contributed by atoms with Crippen LogP contribution in [0.15, 0.2) is 18.2 Å². The SMILES string of the molecule is CNC1CC(CO)Oc2ccc(OC)cc21. The van der Waals surface area contributed by atoms with Crippen LogP contribution in [-0.2, 0) is 0 Å². The monoisotopic (exact) mass is 223 g/mol. The zero-order chi connectivity index (χ0) is 11.5. The lowest BCUT2D eigenvalue weighted by molar-refractivity contribution is 0.0845. The quantitative estimate of drug-likeness (QED) is 0.805. The normalized spacial score (nSPS) is 23.4. The molecule has 4 heteroatoms. The van der Waals surface area contributed by atoms with Crippen LogP contribution in [0, 0.1) is 0 Å². The van der Waals surface area contributed by atoms with Crippen LogP contribution >= 0.6 is 0 Å². The Morgan fingerprint density at radius 3 is 3.00 bits per heavy atom. The Labute approximate surface area is 95.2 Å². The predicted octanol–water partition coefficient (Wildman–Crippen LogP) is 1.10. The number of hydrogen-bond donors (Lipinski definition) is 2. The summed E-state index contributed by atoms with van der Waals surface area (Å²) in [4.78, 5) is 0. The lowest BCUT2D eigenvalue weighted by atomic mass is 9.96. The molecule has 2 rings (SSSR count). The van der Waals surface area contributed by atoms with Crippen molar-refractivity contribution in [3.05, 3.63) is 23.8 Å². The number of benzene rings is 1. The van der Waals surface area contributed by atoms with Crippen LogP contribution in [0.4, 0.5) is 0 Å². The maximum Gasteiger partial charge on any atom is 0.124 e. The second-order valence-electron chi connectivity index (χ2n) is 3.90. The topological polar surface area (TPSA) is 50.7 Å². The fourth-order valence-electron chi connectivity index (χ4n) is 2.04. The van der Waals surface area contributed by atoms with Crippen LogP contribution in [0.25, 0.3) is 0 Å². The van der Waals surface area contributed by atoms with Gasteiger partial charge in [0, 0.05) is 18.0 Å². The van der Waals surface area contributed by atoms with Crippen molar-refractivity contribution in [3.63, 3.8) is 0 Å². The van der Waals surface area contributed by atoms with Crippen LogP contribution in [0.1, 0.15) is 18.0 Å². The molecular weight excluding hydrogens is 206 g/mol. The molecule has 2 atom stereocenters. The minimum atomic E-state index is -0.127. The summed E-state index contributed by atoms with van der Waals surface area (Å²) in [6.07, 6.45) is 0.644. The Hall–Kier alpha value is -1.26. The van der Waals surface area contributed by atoms with Crippen LogP contribution in [0.5, 0.6) is 11.5 Å². The van der Waals surface area contributed by atoms with Gasteiger partial charge in [0.1, 0.15) is 17.6 Å². The van der Waals surface area contributed by atoms with Gasteiger partial charge >= 0.3 is 0 Å². The van der Waals surface area contributed by atoms with E-state index in [1.165, 1.54) is 0 Å². The highest BCUT2D eigenvalue weighted by Gasteiger charge is 2.27. The van der Waals surface area contributed by atoms with E-state index in [0.29, 0.717) is 0 Å². The molecule has 88 valence electrons. The standard InChI is InChI=1S/C12H17NO3/c1-13-11-6-9(7-14)16-12-4-3-8(15-2)5-10(11)12/h3-5,9,11,13-14H,6-7H2,1-2H3. The van der Waals surface area contributed by atoms with Crippen molar-refractivity contribution >= 4 is 0 Å². The molecule has 1 aliphatic rings. The first kappa shape index (κ1) is 11.2. The van der Waals surface area contributed by atoms with Crippen molar-refractivity contribution < 1.29 is 14.6 Å². The summed E-state index contributed by atoms with van der Waals surface area (Å²) in [5.74, 6) is 1.65. The van der Waals surface area contributed by atoms with Gasteiger partial charge in [-0.1, -0.05) is 0 Å². The number of methoxy groups -OCH3 is 1. The van der Waals surface area contributed by atoms with Gasteiger partial charge in [0.2, 0.25) is 0 Å². The summed E-state index contributed by atoms with van der Waals surface area (Å²) in [5, 5.41) is 12.4. The van der Waals surface area contributed by atoms with Gasteiger partial charge in [0.15, 0.2) is 0 Å². The van der Waals surface area contributed by atoms with E-state index >= 15 is 0 Å². The van der Waals surface area contributed by atoms with E-state index < -0.39 is 0 Å². The second-order valence-corrected chi connectivity index (χ2v) is 3.90. The largest absolute Gasteiger partial charge is 0.497 e. The molecule has 0 bridgehead atoms. The van der Waals surface area contributed by atoms with E-state index in [1.54, 1.807) is 7.11 Å². The van der Waals surface area contributed by atoms with E-state index in [1.807, 2.05) is 25.2 Å². The molecule has 4 nitrogen and oxygen atoms in total. The highest BCUT2D eigenvalue weighted by Crippen LogP contribution is 2.36. The highest BCUT2D eigenvalue weighted by molar-refractivity contribution is 5.43. The average Bonchev–Trinajstić information content (AvgIpc) is 2.36. The molecule has 16 heavy (non-hydrogen) atoms. The molecule has 0 aromatic heterocycles. The fourth-order valence-corrected chi connectivity index (χ4v) is 2.04. The van der Waals surface area contributed by atoms with Crippen molar-refractivity contribution in [1.29, 1.82) is 0 Å². The Balaban J connectivity index is 2.34. The van der Waals surface area contributed by atoms with E-state index in [4.69, 9.17) is 14.6 Å². The summed E-state index contributed by atoms with van der Waals surface area (Å²) in [7, 11) is 3.56. The molecule has 0 saturated carbocycles. The Morgan fingerprint density at radius 2 is 2.38 bits per heavy atom. The predicted molar refractivity (Wildman–Crippen MR) is 60.9 cm³/mol. The van der Waals surface area contributed by atoms with Gasteiger partial charge < -0.3 is 19.9 Å². The molecule has 0 saturated heterocycles. The third-order valence-electron chi connectivity index (χ3n) is 2.94. The van der Waals surface area contributed by atoms with E-state index in [2.05, 4.69) is 5.32 Å². The lowest BCUT2D eigenvalue weighted by Gasteiger charge is -2.31. The van der Waals surface area contributed by atoms with Gasteiger partial charge in [-0.2, -0.15) is 0 Å². The number of fused-ring (bicyclic) bond motifs is 1. The number of aliphatic hydroxyl groups is 1. The van der Waals surface area contributed by atoms with Crippen molar-refractivity contribution in [2.24, 2.45) is 0 Å². The Bertz CT molecular complexity index is 367. The molecule has 1 aromatic carbocycles. The highest BCUT2D eigenvalue weighted by atomic mass is 16.5. The number of hydrogen-bond acceptors (Lipinski definition) is 4. The van der Waals surface area contributed by atoms with Crippen molar-refractivity contribution in [1.82, 2.24) is 5.32 Å². The average molecular weight is 223 g/mol. The van der Waals surface area contributed by atoms with Gasteiger partial charge in [-0.05, 0) is 25.2 Å². The number of rotatable bonds is 3. The minimum absolute atomic E-state index is 0.0453. The zero-order valence-electron chi connectivity index (χ0n) is 9.56. The summed E-state index contributed by atoms with van der Waals surface area (Å²) in [5.41, 5.74) is 1.09. The number of aliphatic hydroxyl groups excluding tert-OH is 1. The fraction of sp³-hybridized carbons (Fsp3) is 0.500. The van der Waals surface area contributed by atoms with E-state index in [0.717, 1.165) is 23.5 Å². The zero-order valence-corrected chi connectivity index (χ0v) is 9.56. The smallest absolute Gasteiger partial charge is 0.124 e. The van der Waals surface area contributed by atoms with Gasteiger partial charge in [-0.15, -0.1) is 0 Å². The molecule has 2 N–H and O–H groups in total. The third kappa shape index (κ3) is 1.99. The van der Waals surface area contributed by atoms with Gasteiger partial charge in [-0.25, -0.2) is 0 Å². The van der Waals surface area contributed by atoms with Crippen LogP contribution in [0.2, 0.25) is 0 Å². The van der Waals surface area contributed by atoms with Gasteiger partial charge in [0.25, 0.3) is 0 Å². The molecule has 1 heterocycles. The van der Waals surface area contributed by atoms with Crippen molar-refractivity contribution in [2.45, 2.75) is 18.6 Å². The molecule has 1 aromatic rings. The first-order valence-electron chi connectivity index (χ1n) is 5.41. The molecule has 0 amide bonds. The van der Waals surface area contributed by atoms with Crippen LogP contribution < -0.4 is 14.8 Å². The minimum Gasteiger partial charge on any atom is -0.497 e.